The number of hydrogen-bond donors (Lipinski definition) is 2. The fraction of sp³-hybridized carbons (Fsp3) is 0.500. The number of thiophene rings is 1. The van der Waals surface area contributed by atoms with Crippen LogP contribution in [0.4, 0.5) is 0 Å². The van der Waals surface area contributed by atoms with Crippen LogP contribution < -0.4 is 11.1 Å². The zero-order chi connectivity index (χ0) is 11.5. The van der Waals surface area contributed by atoms with E-state index in [1.165, 1.54) is 0 Å². The molecular weight excluding hydrogens is 292 g/mol. The Kier molecular flexibility index (Phi) is 3.96. The number of halogens is 1. The summed E-state index contributed by atoms with van der Waals surface area (Å²) in [5.74, 6) is -0.224. The number of carbonyl (C=O) groups excluding carboxylic acids is 1. The van der Waals surface area contributed by atoms with E-state index in [-0.39, 0.29) is 17.9 Å². The first-order valence-electron chi connectivity index (χ1n) is 5.01. The van der Waals surface area contributed by atoms with Crippen LogP contribution in [0.15, 0.2) is 15.9 Å². The van der Waals surface area contributed by atoms with E-state index >= 15 is 0 Å². The van der Waals surface area contributed by atoms with Crippen molar-refractivity contribution in [3.8, 4) is 0 Å². The van der Waals surface area contributed by atoms with E-state index in [1.807, 2.05) is 11.4 Å². The number of amides is 1. The summed E-state index contributed by atoms with van der Waals surface area (Å²) in [5, 5.41) is 4.87. The Morgan fingerprint density at radius 1 is 1.69 bits per heavy atom. The van der Waals surface area contributed by atoms with Gasteiger partial charge in [-0.25, -0.2) is 0 Å². The van der Waals surface area contributed by atoms with E-state index in [2.05, 4.69) is 21.2 Å². The predicted molar refractivity (Wildman–Crippen MR) is 66.2 cm³/mol. The zero-order valence-electron chi connectivity index (χ0n) is 8.61. The van der Waals surface area contributed by atoms with Crippen LogP contribution in [0.1, 0.15) is 4.88 Å². The van der Waals surface area contributed by atoms with Gasteiger partial charge in [0.2, 0.25) is 5.91 Å². The second kappa shape index (κ2) is 5.27. The maximum absolute atomic E-state index is 11.8. The van der Waals surface area contributed by atoms with Gasteiger partial charge in [0.25, 0.3) is 0 Å². The topological polar surface area (TPSA) is 64.3 Å². The molecule has 1 aromatic rings. The quantitative estimate of drug-likeness (QED) is 0.879. The highest BCUT2D eigenvalue weighted by Gasteiger charge is 2.30. The Labute approximate surface area is 106 Å². The highest BCUT2D eigenvalue weighted by molar-refractivity contribution is 9.10. The zero-order valence-corrected chi connectivity index (χ0v) is 11.0. The molecule has 2 heterocycles. The molecule has 1 saturated heterocycles. The third-order valence-electron chi connectivity index (χ3n) is 2.52. The number of nitrogens with one attached hydrogen (secondary N) is 1. The summed E-state index contributed by atoms with van der Waals surface area (Å²) in [6.07, 6.45) is 0. The van der Waals surface area contributed by atoms with Crippen molar-refractivity contribution >= 4 is 33.2 Å². The van der Waals surface area contributed by atoms with Gasteiger partial charge in [-0.1, -0.05) is 0 Å². The Balaban J connectivity index is 1.83. The molecule has 1 fully saturated rings. The number of rotatable bonds is 3. The molecule has 1 aromatic heterocycles. The fourth-order valence-electron chi connectivity index (χ4n) is 1.59. The van der Waals surface area contributed by atoms with Gasteiger partial charge in [0.1, 0.15) is 0 Å². The highest BCUT2D eigenvalue weighted by atomic mass is 79.9. The van der Waals surface area contributed by atoms with Crippen LogP contribution in [0.2, 0.25) is 0 Å². The lowest BCUT2D eigenvalue weighted by atomic mass is 10.0. The number of carbonyl (C=O) groups is 1. The highest BCUT2D eigenvalue weighted by Crippen LogP contribution is 2.19. The first kappa shape index (κ1) is 12.0. The fourth-order valence-corrected chi connectivity index (χ4v) is 2.98. The second-order valence-corrected chi connectivity index (χ2v) is 5.67. The predicted octanol–water partition coefficient (Wildman–Crippen LogP) is 1.10. The van der Waals surface area contributed by atoms with Crippen LogP contribution in [0.3, 0.4) is 0 Å². The first-order chi connectivity index (χ1) is 7.66. The van der Waals surface area contributed by atoms with Crippen molar-refractivity contribution in [1.29, 1.82) is 0 Å². The van der Waals surface area contributed by atoms with Crippen molar-refractivity contribution < 1.29 is 9.53 Å². The molecule has 0 radical (unpaired) electrons. The summed E-state index contributed by atoms with van der Waals surface area (Å²) in [6, 6.07) is 1.82. The van der Waals surface area contributed by atoms with Gasteiger partial charge >= 0.3 is 0 Å². The Morgan fingerprint density at radius 3 is 3.06 bits per heavy atom. The molecule has 0 bridgehead atoms. The van der Waals surface area contributed by atoms with Gasteiger partial charge in [-0.15, -0.1) is 11.3 Å². The average molecular weight is 305 g/mol. The van der Waals surface area contributed by atoms with E-state index in [1.54, 1.807) is 11.3 Å². The van der Waals surface area contributed by atoms with Gasteiger partial charge in [-0.3, -0.25) is 4.79 Å². The molecule has 2 unspecified atom stereocenters. The van der Waals surface area contributed by atoms with E-state index in [9.17, 15) is 4.79 Å². The largest absolute Gasteiger partial charge is 0.379 e. The van der Waals surface area contributed by atoms with Gasteiger partial charge in [0, 0.05) is 20.8 Å². The molecular formula is C10H13BrN2O2S. The van der Waals surface area contributed by atoms with Crippen LogP contribution >= 0.6 is 27.3 Å². The molecule has 0 spiro atoms. The van der Waals surface area contributed by atoms with Crippen molar-refractivity contribution in [2.45, 2.75) is 12.6 Å². The van der Waals surface area contributed by atoms with Crippen molar-refractivity contribution in [2.24, 2.45) is 11.7 Å². The third-order valence-corrected chi connectivity index (χ3v) is 4.22. The summed E-state index contributed by atoms with van der Waals surface area (Å²) in [5.41, 5.74) is 5.76. The van der Waals surface area contributed by atoms with Crippen LogP contribution in [-0.4, -0.2) is 25.2 Å². The Morgan fingerprint density at radius 2 is 2.50 bits per heavy atom. The molecule has 0 aliphatic carbocycles. The molecule has 88 valence electrons. The van der Waals surface area contributed by atoms with Crippen LogP contribution in [0.5, 0.6) is 0 Å². The summed E-state index contributed by atoms with van der Waals surface area (Å²) < 4.78 is 6.20. The summed E-state index contributed by atoms with van der Waals surface area (Å²) in [6.45, 7) is 1.46. The lowest BCUT2D eigenvalue weighted by Crippen LogP contribution is -2.40. The monoisotopic (exact) mass is 304 g/mol. The minimum absolute atomic E-state index is 0.0190. The van der Waals surface area contributed by atoms with E-state index in [0.717, 1.165) is 9.35 Å². The molecule has 4 nitrogen and oxygen atoms in total. The van der Waals surface area contributed by atoms with Crippen molar-refractivity contribution in [2.75, 3.05) is 13.2 Å². The number of ether oxygens (including phenoxy) is 1. The maximum Gasteiger partial charge on any atom is 0.227 e. The first-order valence-corrected chi connectivity index (χ1v) is 6.68. The van der Waals surface area contributed by atoms with Crippen LogP contribution in [0, 0.1) is 5.92 Å². The second-order valence-electron chi connectivity index (χ2n) is 3.76. The van der Waals surface area contributed by atoms with Crippen molar-refractivity contribution in [3.63, 3.8) is 0 Å². The normalized spacial score (nSPS) is 24.6. The van der Waals surface area contributed by atoms with Gasteiger partial charge in [-0.2, -0.15) is 0 Å². The Bertz CT molecular complexity index is 383. The maximum atomic E-state index is 11.8. The molecule has 2 atom stereocenters. The van der Waals surface area contributed by atoms with Gasteiger partial charge in [0.15, 0.2) is 0 Å². The molecule has 1 aliphatic rings. The molecule has 0 saturated carbocycles. The average Bonchev–Trinajstić information content (AvgIpc) is 2.84. The minimum Gasteiger partial charge on any atom is -0.379 e. The molecule has 0 aromatic carbocycles. The standard InChI is InChI=1S/C10H13BrN2O2S/c11-6-1-7(16-5-6)2-13-10(14)8-3-15-4-9(8)12/h1,5,8-9H,2-4,12H2,(H,13,14). The summed E-state index contributed by atoms with van der Waals surface area (Å²) in [7, 11) is 0. The molecule has 3 N–H and O–H groups in total. The number of nitrogens with two attached hydrogens (primary N) is 1. The minimum atomic E-state index is -0.205. The lowest BCUT2D eigenvalue weighted by Gasteiger charge is -2.12. The number of hydrogen-bond acceptors (Lipinski definition) is 4. The van der Waals surface area contributed by atoms with E-state index in [0.29, 0.717) is 19.8 Å². The SMILES string of the molecule is NC1COCC1C(=O)NCc1cc(Br)cs1. The van der Waals surface area contributed by atoms with Crippen molar-refractivity contribution in [1.82, 2.24) is 5.32 Å². The summed E-state index contributed by atoms with van der Waals surface area (Å²) in [4.78, 5) is 12.9. The molecule has 1 amide bonds. The van der Waals surface area contributed by atoms with Gasteiger partial charge < -0.3 is 15.8 Å². The van der Waals surface area contributed by atoms with Crippen molar-refractivity contribution in [3.05, 3.63) is 20.8 Å². The smallest absolute Gasteiger partial charge is 0.227 e. The van der Waals surface area contributed by atoms with E-state index in [4.69, 9.17) is 10.5 Å². The van der Waals surface area contributed by atoms with Crippen LogP contribution in [0.25, 0.3) is 0 Å². The summed E-state index contributed by atoms with van der Waals surface area (Å²) >= 11 is 4.98. The third kappa shape index (κ3) is 2.82. The lowest BCUT2D eigenvalue weighted by molar-refractivity contribution is -0.125. The van der Waals surface area contributed by atoms with Gasteiger partial charge in [-0.05, 0) is 22.0 Å². The van der Waals surface area contributed by atoms with E-state index < -0.39 is 0 Å². The van der Waals surface area contributed by atoms with Gasteiger partial charge in [0.05, 0.1) is 25.7 Å². The molecule has 2 rings (SSSR count). The molecule has 6 heteroatoms. The molecule has 16 heavy (non-hydrogen) atoms. The molecule has 1 aliphatic heterocycles. The Hall–Kier alpha value is -0.430. The van der Waals surface area contributed by atoms with Crippen LogP contribution in [-0.2, 0) is 16.1 Å².